The molecule has 0 fully saturated rings. The summed E-state index contributed by atoms with van der Waals surface area (Å²) in [5, 5.41) is 3.29. The van der Waals surface area contributed by atoms with Crippen molar-refractivity contribution in [3.63, 3.8) is 0 Å². The van der Waals surface area contributed by atoms with Crippen molar-refractivity contribution >= 4 is 0 Å². The van der Waals surface area contributed by atoms with Crippen molar-refractivity contribution in [1.82, 2.24) is 10.3 Å². The number of fused-ring (bicyclic) bond motifs is 1. The SMILES string of the molecule is CC(C)Cc1nc2c(o1)CCNC2. The van der Waals surface area contributed by atoms with E-state index in [1.165, 1.54) is 0 Å². The molecule has 72 valence electrons. The van der Waals surface area contributed by atoms with Gasteiger partial charge in [0.2, 0.25) is 0 Å². The number of nitrogens with zero attached hydrogens (tertiary/aromatic N) is 1. The summed E-state index contributed by atoms with van der Waals surface area (Å²) in [5.74, 6) is 2.62. The Morgan fingerprint density at radius 1 is 1.54 bits per heavy atom. The molecule has 0 radical (unpaired) electrons. The van der Waals surface area contributed by atoms with Crippen LogP contribution in [-0.4, -0.2) is 11.5 Å². The van der Waals surface area contributed by atoms with Gasteiger partial charge in [-0.25, -0.2) is 4.98 Å². The third-order valence-corrected chi connectivity index (χ3v) is 2.23. The molecule has 1 aliphatic heterocycles. The Morgan fingerprint density at radius 3 is 3.08 bits per heavy atom. The van der Waals surface area contributed by atoms with Gasteiger partial charge in [0.05, 0.1) is 5.69 Å². The van der Waals surface area contributed by atoms with Crippen molar-refractivity contribution in [2.75, 3.05) is 6.54 Å². The zero-order valence-corrected chi connectivity index (χ0v) is 8.26. The minimum atomic E-state index is 0.619. The predicted octanol–water partition coefficient (Wildman–Crippen LogP) is 1.52. The van der Waals surface area contributed by atoms with Gasteiger partial charge in [0.1, 0.15) is 5.76 Å². The number of aromatic nitrogens is 1. The van der Waals surface area contributed by atoms with Crippen LogP contribution in [0, 0.1) is 5.92 Å². The van der Waals surface area contributed by atoms with Crippen molar-refractivity contribution in [2.45, 2.75) is 33.2 Å². The molecule has 3 heteroatoms. The van der Waals surface area contributed by atoms with Crippen LogP contribution < -0.4 is 5.32 Å². The van der Waals surface area contributed by atoms with Crippen LogP contribution in [0.25, 0.3) is 0 Å². The number of oxazole rings is 1. The predicted molar refractivity (Wildman–Crippen MR) is 50.5 cm³/mol. The summed E-state index contributed by atoms with van der Waals surface area (Å²) in [6.07, 6.45) is 1.94. The Hall–Kier alpha value is -0.830. The third kappa shape index (κ3) is 1.91. The maximum absolute atomic E-state index is 5.67. The highest BCUT2D eigenvalue weighted by atomic mass is 16.4. The van der Waals surface area contributed by atoms with Gasteiger partial charge in [0.15, 0.2) is 5.89 Å². The highest BCUT2D eigenvalue weighted by Gasteiger charge is 2.16. The Balaban J connectivity index is 2.15. The molecule has 1 aliphatic rings. The van der Waals surface area contributed by atoms with Crippen molar-refractivity contribution in [2.24, 2.45) is 5.92 Å². The Labute approximate surface area is 78.5 Å². The first kappa shape index (κ1) is 8.75. The van der Waals surface area contributed by atoms with Crippen LogP contribution >= 0.6 is 0 Å². The van der Waals surface area contributed by atoms with Gasteiger partial charge in [-0.1, -0.05) is 13.8 Å². The number of hydrogen-bond acceptors (Lipinski definition) is 3. The van der Waals surface area contributed by atoms with E-state index >= 15 is 0 Å². The van der Waals surface area contributed by atoms with Crippen LogP contribution in [0.1, 0.15) is 31.2 Å². The molecule has 1 aromatic heterocycles. The maximum Gasteiger partial charge on any atom is 0.194 e. The lowest BCUT2D eigenvalue weighted by molar-refractivity contribution is 0.418. The van der Waals surface area contributed by atoms with Gasteiger partial charge in [-0.3, -0.25) is 0 Å². The van der Waals surface area contributed by atoms with E-state index in [0.717, 1.165) is 43.3 Å². The van der Waals surface area contributed by atoms with Gasteiger partial charge in [-0.2, -0.15) is 0 Å². The topological polar surface area (TPSA) is 38.1 Å². The molecule has 0 unspecified atom stereocenters. The molecule has 3 nitrogen and oxygen atoms in total. The average Bonchev–Trinajstić information content (AvgIpc) is 2.44. The minimum absolute atomic E-state index is 0.619. The van der Waals surface area contributed by atoms with E-state index in [1.807, 2.05) is 0 Å². The molecule has 13 heavy (non-hydrogen) atoms. The van der Waals surface area contributed by atoms with Crippen molar-refractivity contribution in [3.05, 3.63) is 17.3 Å². The Morgan fingerprint density at radius 2 is 2.38 bits per heavy atom. The standard InChI is InChI=1S/C10H16N2O/c1-7(2)5-10-12-8-6-11-4-3-9(8)13-10/h7,11H,3-6H2,1-2H3. The molecule has 1 N–H and O–H groups in total. The van der Waals surface area contributed by atoms with Crippen LogP contribution in [0.15, 0.2) is 4.42 Å². The normalized spacial score (nSPS) is 16.2. The average molecular weight is 180 g/mol. The summed E-state index contributed by atoms with van der Waals surface area (Å²) in [4.78, 5) is 4.46. The van der Waals surface area contributed by atoms with Gasteiger partial charge in [-0.05, 0) is 5.92 Å². The molecule has 0 amide bonds. The molecule has 0 spiro atoms. The van der Waals surface area contributed by atoms with E-state index in [1.54, 1.807) is 0 Å². The summed E-state index contributed by atoms with van der Waals surface area (Å²) < 4.78 is 5.67. The zero-order chi connectivity index (χ0) is 9.26. The van der Waals surface area contributed by atoms with Gasteiger partial charge >= 0.3 is 0 Å². The molecule has 0 aromatic carbocycles. The van der Waals surface area contributed by atoms with E-state index in [0.29, 0.717) is 5.92 Å². The lowest BCUT2D eigenvalue weighted by atomic mass is 10.1. The highest BCUT2D eigenvalue weighted by molar-refractivity contribution is 5.13. The molecule has 0 aliphatic carbocycles. The summed E-state index contributed by atoms with van der Waals surface area (Å²) in [6.45, 7) is 6.25. The van der Waals surface area contributed by atoms with Crippen molar-refractivity contribution in [1.29, 1.82) is 0 Å². The molecule has 2 rings (SSSR count). The summed E-state index contributed by atoms with van der Waals surface area (Å²) >= 11 is 0. The smallest absolute Gasteiger partial charge is 0.194 e. The van der Waals surface area contributed by atoms with E-state index < -0.39 is 0 Å². The van der Waals surface area contributed by atoms with Crippen LogP contribution in [0.5, 0.6) is 0 Å². The minimum Gasteiger partial charge on any atom is -0.445 e. The molecule has 0 bridgehead atoms. The fraction of sp³-hybridized carbons (Fsp3) is 0.700. The number of rotatable bonds is 2. The Kier molecular flexibility index (Phi) is 2.36. The van der Waals surface area contributed by atoms with Gasteiger partial charge in [0.25, 0.3) is 0 Å². The largest absolute Gasteiger partial charge is 0.445 e. The van der Waals surface area contributed by atoms with Crippen LogP contribution in [-0.2, 0) is 19.4 Å². The Bertz CT molecular complexity index is 268. The monoisotopic (exact) mass is 180 g/mol. The molecule has 1 aromatic rings. The fourth-order valence-electron chi connectivity index (χ4n) is 1.62. The summed E-state index contributed by atoms with van der Waals surface area (Å²) in [7, 11) is 0. The van der Waals surface area contributed by atoms with Gasteiger partial charge in [0, 0.05) is 25.9 Å². The number of hydrogen-bond donors (Lipinski definition) is 1. The first-order valence-corrected chi connectivity index (χ1v) is 4.94. The number of nitrogens with one attached hydrogen (secondary N) is 1. The van der Waals surface area contributed by atoms with Crippen molar-refractivity contribution in [3.8, 4) is 0 Å². The lowest BCUT2D eigenvalue weighted by Gasteiger charge is -2.08. The summed E-state index contributed by atoms with van der Waals surface area (Å²) in [5.41, 5.74) is 1.11. The molecule has 0 atom stereocenters. The van der Waals surface area contributed by atoms with Crippen molar-refractivity contribution < 1.29 is 4.42 Å². The van der Waals surface area contributed by atoms with Gasteiger partial charge < -0.3 is 9.73 Å². The van der Waals surface area contributed by atoms with E-state index in [-0.39, 0.29) is 0 Å². The molecule has 0 saturated carbocycles. The van der Waals surface area contributed by atoms with E-state index in [4.69, 9.17) is 4.42 Å². The van der Waals surface area contributed by atoms with Crippen LogP contribution in [0.3, 0.4) is 0 Å². The third-order valence-electron chi connectivity index (χ3n) is 2.23. The second-order valence-electron chi connectivity index (χ2n) is 4.00. The first-order chi connectivity index (χ1) is 6.25. The molecule has 2 heterocycles. The van der Waals surface area contributed by atoms with Crippen LogP contribution in [0.2, 0.25) is 0 Å². The second-order valence-corrected chi connectivity index (χ2v) is 4.00. The molecule has 0 saturated heterocycles. The maximum atomic E-state index is 5.67. The highest BCUT2D eigenvalue weighted by Crippen LogP contribution is 2.16. The zero-order valence-electron chi connectivity index (χ0n) is 8.26. The van der Waals surface area contributed by atoms with Crippen LogP contribution in [0.4, 0.5) is 0 Å². The quantitative estimate of drug-likeness (QED) is 0.749. The van der Waals surface area contributed by atoms with Gasteiger partial charge in [-0.15, -0.1) is 0 Å². The van der Waals surface area contributed by atoms with E-state index in [9.17, 15) is 0 Å². The van der Waals surface area contributed by atoms with E-state index in [2.05, 4.69) is 24.1 Å². The first-order valence-electron chi connectivity index (χ1n) is 4.94. The molecular weight excluding hydrogens is 164 g/mol. The molecular formula is C10H16N2O. The lowest BCUT2D eigenvalue weighted by Crippen LogP contribution is -2.22. The summed E-state index contributed by atoms with van der Waals surface area (Å²) in [6, 6.07) is 0. The second kappa shape index (κ2) is 3.50. The fourth-order valence-corrected chi connectivity index (χ4v) is 1.62.